The second-order valence-electron chi connectivity index (χ2n) is 4.13. The zero-order chi connectivity index (χ0) is 14.4. The first kappa shape index (κ1) is 15.0. The SMILES string of the molecule is C/C(=C\C=N/C(C)C)c1c(NC=O)cnn1C(F)F. The van der Waals surface area contributed by atoms with Gasteiger partial charge < -0.3 is 5.32 Å². The Hall–Kier alpha value is -2.05. The molecule has 1 heterocycles. The molecule has 7 heteroatoms. The molecule has 1 rings (SSSR count). The van der Waals surface area contributed by atoms with Crippen molar-refractivity contribution in [3.05, 3.63) is 18.0 Å². The summed E-state index contributed by atoms with van der Waals surface area (Å²) in [7, 11) is 0. The van der Waals surface area contributed by atoms with Crippen LogP contribution in [0.25, 0.3) is 5.57 Å². The van der Waals surface area contributed by atoms with Gasteiger partial charge in [0.2, 0.25) is 6.41 Å². The van der Waals surface area contributed by atoms with Crippen molar-refractivity contribution >= 4 is 23.9 Å². The van der Waals surface area contributed by atoms with Crippen molar-refractivity contribution in [2.24, 2.45) is 4.99 Å². The first-order valence-corrected chi connectivity index (χ1v) is 5.73. The molecule has 0 atom stereocenters. The molecule has 1 amide bonds. The Labute approximate surface area is 110 Å². The number of carbonyl (C=O) groups excluding carboxylic acids is 1. The summed E-state index contributed by atoms with van der Waals surface area (Å²) in [4.78, 5) is 14.6. The number of aliphatic imine (C=N–C) groups is 1. The van der Waals surface area contributed by atoms with Gasteiger partial charge >= 0.3 is 6.55 Å². The number of aromatic nitrogens is 2. The van der Waals surface area contributed by atoms with Crippen LogP contribution in [0.3, 0.4) is 0 Å². The minimum absolute atomic E-state index is 0.122. The Morgan fingerprint density at radius 1 is 1.53 bits per heavy atom. The quantitative estimate of drug-likeness (QED) is 0.638. The molecule has 1 N–H and O–H groups in total. The predicted molar refractivity (Wildman–Crippen MR) is 70.4 cm³/mol. The minimum atomic E-state index is -2.78. The lowest BCUT2D eigenvalue weighted by molar-refractivity contribution is -0.105. The molecule has 19 heavy (non-hydrogen) atoms. The largest absolute Gasteiger partial charge is 0.333 e. The average Bonchev–Trinajstić information content (AvgIpc) is 2.72. The molecule has 5 nitrogen and oxygen atoms in total. The third-order valence-corrected chi connectivity index (χ3v) is 2.28. The highest BCUT2D eigenvalue weighted by Crippen LogP contribution is 2.26. The molecule has 1 aromatic rings. The van der Waals surface area contributed by atoms with Crippen LogP contribution >= 0.6 is 0 Å². The predicted octanol–water partition coefficient (Wildman–Crippen LogP) is 2.73. The number of hydrogen-bond donors (Lipinski definition) is 1. The lowest BCUT2D eigenvalue weighted by Crippen LogP contribution is -2.06. The van der Waals surface area contributed by atoms with Gasteiger partial charge in [0, 0.05) is 12.3 Å². The highest BCUT2D eigenvalue weighted by Gasteiger charge is 2.17. The van der Waals surface area contributed by atoms with Gasteiger partial charge in [-0.3, -0.25) is 9.79 Å². The molecule has 0 aliphatic rings. The summed E-state index contributed by atoms with van der Waals surface area (Å²) in [6, 6.07) is 0.122. The van der Waals surface area contributed by atoms with E-state index in [1.165, 1.54) is 6.20 Å². The summed E-state index contributed by atoms with van der Waals surface area (Å²) in [5.74, 6) is 0. The molecule has 0 aliphatic heterocycles. The van der Waals surface area contributed by atoms with Crippen LogP contribution in [-0.2, 0) is 4.79 Å². The van der Waals surface area contributed by atoms with Gasteiger partial charge in [0.15, 0.2) is 0 Å². The molecular weight excluding hydrogens is 254 g/mol. The van der Waals surface area contributed by atoms with Crippen LogP contribution in [0.1, 0.15) is 33.0 Å². The van der Waals surface area contributed by atoms with Crippen molar-refractivity contribution in [2.45, 2.75) is 33.4 Å². The topological polar surface area (TPSA) is 59.3 Å². The molecule has 0 unspecified atom stereocenters. The molecule has 0 aromatic carbocycles. The van der Waals surface area contributed by atoms with E-state index in [9.17, 15) is 13.6 Å². The Morgan fingerprint density at radius 3 is 2.74 bits per heavy atom. The van der Waals surface area contributed by atoms with Crippen LogP contribution in [0.2, 0.25) is 0 Å². The molecule has 0 aliphatic carbocycles. The van der Waals surface area contributed by atoms with Gasteiger partial charge in [-0.2, -0.15) is 13.9 Å². The van der Waals surface area contributed by atoms with Crippen molar-refractivity contribution in [1.82, 2.24) is 9.78 Å². The minimum Gasteiger partial charge on any atom is -0.326 e. The van der Waals surface area contributed by atoms with Gasteiger partial charge in [-0.15, -0.1) is 0 Å². The van der Waals surface area contributed by atoms with Crippen LogP contribution in [0.4, 0.5) is 14.5 Å². The van der Waals surface area contributed by atoms with Crippen LogP contribution in [0.15, 0.2) is 17.3 Å². The second-order valence-corrected chi connectivity index (χ2v) is 4.13. The third kappa shape index (κ3) is 3.97. The Bertz CT molecular complexity index is 492. The molecule has 0 spiro atoms. The van der Waals surface area contributed by atoms with Crippen LogP contribution in [-0.4, -0.2) is 28.4 Å². The maximum absolute atomic E-state index is 12.8. The summed E-state index contributed by atoms with van der Waals surface area (Å²) in [5.41, 5.74) is 0.936. The van der Waals surface area contributed by atoms with Crippen molar-refractivity contribution in [1.29, 1.82) is 0 Å². The number of nitrogens with one attached hydrogen (secondary N) is 1. The monoisotopic (exact) mass is 270 g/mol. The van der Waals surface area contributed by atoms with Crippen molar-refractivity contribution in [3.8, 4) is 0 Å². The maximum Gasteiger partial charge on any atom is 0.333 e. The lowest BCUT2D eigenvalue weighted by Gasteiger charge is -2.08. The normalized spacial score (nSPS) is 12.7. The van der Waals surface area contributed by atoms with Gasteiger partial charge in [0.25, 0.3) is 0 Å². The van der Waals surface area contributed by atoms with Crippen molar-refractivity contribution in [2.75, 3.05) is 5.32 Å². The Kier molecular flexibility index (Phi) is 5.35. The van der Waals surface area contributed by atoms with Crippen LogP contribution < -0.4 is 5.32 Å². The number of rotatable bonds is 6. The van der Waals surface area contributed by atoms with Gasteiger partial charge in [0.05, 0.1) is 17.6 Å². The van der Waals surface area contributed by atoms with E-state index >= 15 is 0 Å². The fourth-order valence-corrected chi connectivity index (χ4v) is 1.48. The van der Waals surface area contributed by atoms with Gasteiger partial charge in [-0.25, -0.2) is 4.68 Å². The number of carbonyl (C=O) groups is 1. The standard InChI is InChI=1S/C12H16F2N4O/c1-8(2)15-5-4-9(3)11-10(16-7-19)6-17-18(11)12(13)14/h4-8,12H,1-3H3,(H,16,19)/b9-4+,15-5-. The zero-order valence-electron chi connectivity index (χ0n) is 11.0. The highest BCUT2D eigenvalue weighted by atomic mass is 19.3. The fraction of sp³-hybridized carbons (Fsp3) is 0.417. The summed E-state index contributed by atoms with van der Waals surface area (Å²) < 4.78 is 26.2. The first-order chi connectivity index (χ1) is 8.97. The number of hydrogen-bond acceptors (Lipinski definition) is 3. The van der Waals surface area contributed by atoms with Gasteiger partial charge in [0.1, 0.15) is 0 Å². The average molecular weight is 270 g/mol. The molecule has 1 aromatic heterocycles. The zero-order valence-corrected chi connectivity index (χ0v) is 11.0. The summed E-state index contributed by atoms with van der Waals surface area (Å²) in [6.45, 7) is 2.69. The van der Waals surface area contributed by atoms with Crippen LogP contribution in [0.5, 0.6) is 0 Å². The van der Waals surface area contributed by atoms with E-state index in [2.05, 4.69) is 15.4 Å². The molecule has 0 saturated heterocycles. The maximum atomic E-state index is 12.8. The van der Waals surface area contributed by atoms with E-state index in [4.69, 9.17) is 0 Å². The molecular formula is C12H16F2N4O. The summed E-state index contributed by atoms with van der Waals surface area (Å²) >= 11 is 0. The Morgan fingerprint density at radius 2 is 2.21 bits per heavy atom. The number of halogens is 2. The Balaban J connectivity index is 3.14. The van der Waals surface area contributed by atoms with Gasteiger partial charge in [-0.05, 0) is 32.4 Å². The number of allylic oxidation sites excluding steroid dienone is 2. The number of alkyl halides is 2. The molecule has 0 saturated carbocycles. The summed E-state index contributed by atoms with van der Waals surface area (Å²) in [6.07, 6.45) is 4.76. The number of amides is 1. The van der Waals surface area contributed by atoms with E-state index in [0.717, 1.165) is 0 Å². The van der Waals surface area contributed by atoms with Crippen molar-refractivity contribution in [3.63, 3.8) is 0 Å². The van der Waals surface area contributed by atoms with Crippen molar-refractivity contribution < 1.29 is 13.6 Å². The first-order valence-electron chi connectivity index (χ1n) is 5.73. The highest BCUT2D eigenvalue weighted by molar-refractivity contribution is 5.88. The smallest absolute Gasteiger partial charge is 0.326 e. The third-order valence-electron chi connectivity index (χ3n) is 2.28. The fourth-order valence-electron chi connectivity index (χ4n) is 1.48. The van der Waals surface area contributed by atoms with E-state index in [1.54, 1.807) is 19.2 Å². The second kappa shape index (κ2) is 6.77. The molecule has 104 valence electrons. The molecule has 0 radical (unpaired) electrons. The van der Waals surface area contributed by atoms with Gasteiger partial charge in [-0.1, -0.05) is 0 Å². The summed E-state index contributed by atoms with van der Waals surface area (Å²) in [5, 5.41) is 5.91. The van der Waals surface area contributed by atoms with E-state index in [1.807, 2.05) is 13.8 Å². The number of anilines is 1. The number of nitrogens with zero attached hydrogens (tertiary/aromatic N) is 3. The lowest BCUT2D eigenvalue weighted by atomic mass is 10.2. The van der Waals surface area contributed by atoms with E-state index < -0.39 is 6.55 Å². The molecule has 0 fully saturated rings. The van der Waals surface area contributed by atoms with Crippen LogP contribution in [0, 0.1) is 0 Å². The van der Waals surface area contributed by atoms with E-state index in [-0.39, 0.29) is 17.4 Å². The van der Waals surface area contributed by atoms with E-state index in [0.29, 0.717) is 16.7 Å². The molecule has 0 bridgehead atoms.